The number of benzene rings is 1. The number of carbonyl (C=O) groups is 2. The van der Waals surface area contributed by atoms with Crippen LogP contribution in [-0.2, 0) is 11.3 Å². The molecule has 0 unspecified atom stereocenters. The first-order valence-electron chi connectivity index (χ1n) is 10.0. The summed E-state index contributed by atoms with van der Waals surface area (Å²) in [6.45, 7) is 5.93. The number of anilines is 1. The zero-order chi connectivity index (χ0) is 23.3. The maximum absolute atomic E-state index is 13.3. The van der Waals surface area contributed by atoms with E-state index in [0.29, 0.717) is 12.0 Å². The Bertz CT molecular complexity index is 1040. The minimum Gasteiger partial charge on any atom is -0.489 e. The molecule has 2 amide bonds. The predicted octanol–water partition coefficient (Wildman–Crippen LogP) is 4.52. The lowest BCUT2D eigenvalue weighted by Gasteiger charge is -2.24. The molecule has 1 aromatic carbocycles. The average Bonchev–Trinajstić information content (AvgIpc) is 2.69. The Morgan fingerprint density at radius 3 is 2.39 bits per heavy atom. The topological polar surface area (TPSA) is 101 Å². The summed E-state index contributed by atoms with van der Waals surface area (Å²) in [5, 5.41) is 13.4. The van der Waals surface area contributed by atoms with Crippen LogP contribution in [0.3, 0.4) is 0 Å². The van der Waals surface area contributed by atoms with Crippen LogP contribution in [0.4, 0.5) is 10.6 Å². The highest BCUT2D eigenvalue weighted by atomic mass is 35.5. The number of fused-ring (bicyclic) bond motifs is 1. The second-order valence-corrected chi connectivity index (χ2v) is 8.25. The van der Waals surface area contributed by atoms with Crippen molar-refractivity contribution in [3.05, 3.63) is 32.5 Å². The van der Waals surface area contributed by atoms with E-state index >= 15 is 0 Å². The number of pyridine rings is 1. The van der Waals surface area contributed by atoms with Crippen LogP contribution < -0.4 is 20.5 Å². The van der Waals surface area contributed by atoms with E-state index in [4.69, 9.17) is 27.9 Å². The van der Waals surface area contributed by atoms with Gasteiger partial charge in [-0.05, 0) is 32.4 Å². The van der Waals surface area contributed by atoms with Crippen molar-refractivity contribution in [1.29, 1.82) is 0 Å². The fourth-order valence-corrected chi connectivity index (χ4v) is 3.42. The van der Waals surface area contributed by atoms with Crippen LogP contribution in [0.2, 0.25) is 10.0 Å². The highest BCUT2D eigenvalue weighted by Crippen LogP contribution is 2.38. The van der Waals surface area contributed by atoms with E-state index in [1.54, 1.807) is 0 Å². The van der Waals surface area contributed by atoms with Crippen LogP contribution in [-0.4, -0.2) is 41.4 Å². The highest BCUT2D eigenvalue weighted by Gasteiger charge is 2.25. The molecule has 0 bridgehead atoms. The Morgan fingerprint density at radius 2 is 1.84 bits per heavy atom. The van der Waals surface area contributed by atoms with Crippen LogP contribution in [0.5, 0.6) is 5.75 Å². The van der Waals surface area contributed by atoms with Gasteiger partial charge in [-0.3, -0.25) is 19.1 Å². The first-order valence-corrected chi connectivity index (χ1v) is 10.8. The number of hydrogen-bond donors (Lipinski definition) is 2. The molecule has 0 atom stereocenters. The van der Waals surface area contributed by atoms with Gasteiger partial charge in [-0.25, -0.2) is 4.79 Å². The van der Waals surface area contributed by atoms with E-state index in [1.807, 2.05) is 20.8 Å². The number of nitrogens with one attached hydrogen (secondary N) is 1. The molecule has 2 aromatic rings. The second kappa shape index (κ2) is 10.7. The van der Waals surface area contributed by atoms with Gasteiger partial charge < -0.3 is 15.2 Å². The third kappa shape index (κ3) is 5.83. The van der Waals surface area contributed by atoms with Gasteiger partial charge in [0.15, 0.2) is 11.6 Å². The van der Waals surface area contributed by atoms with Gasteiger partial charge in [0.2, 0.25) is 5.91 Å². The Balaban J connectivity index is 2.75. The molecule has 0 radical (unpaired) electrons. The molecule has 8 nitrogen and oxygen atoms in total. The molecule has 10 heteroatoms. The zero-order valence-corrected chi connectivity index (χ0v) is 19.5. The summed E-state index contributed by atoms with van der Waals surface area (Å²) < 4.78 is 7.20. The second-order valence-electron chi connectivity index (χ2n) is 7.44. The number of unbranched alkanes of at least 4 members (excludes halogenated alkanes) is 1. The largest absolute Gasteiger partial charge is 0.489 e. The number of amides is 2. The zero-order valence-electron chi connectivity index (χ0n) is 18.0. The minimum atomic E-state index is -1.28. The molecule has 0 saturated carbocycles. The Hall–Kier alpha value is -2.45. The van der Waals surface area contributed by atoms with E-state index in [9.17, 15) is 19.5 Å². The van der Waals surface area contributed by atoms with Crippen molar-refractivity contribution in [2.24, 2.45) is 0 Å². The van der Waals surface area contributed by atoms with Gasteiger partial charge in [0.25, 0.3) is 5.56 Å². The highest BCUT2D eigenvalue weighted by molar-refractivity contribution is 6.42. The van der Waals surface area contributed by atoms with Gasteiger partial charge in [0.05, 0.1) is 22.0 Å². The van der Waals surface area contributed by atoms with Crippen LogP contribution >= 0.6 is 23.2 Å². The number of hydrogen-bond acceptors (Lipinski definition) is 4. The summed E-state index contributed by atoms with van der Waals surface area (Å²) in [6, 6.07) is 2.87. The molecule has 0 aliphatic heterocycles. The van der Waals surface area contributed by atoms with Gasteiger partial charge in [-0.1, -0.05) is 36.5 Å². The van der Waals surface area contributed by atoms with Crippen molar-refractivity contribution < 1.29 is 19.4 Å². The van der Waals surface area contributed by atoms with Crippen LogP contribution in [0.15, 0.2) is 16.9 Å². The number of ether oxygens (including phenoxy) is 1. The van der Waals surface area contributed by atoms with Gasteiger partial charge in [-0.15, -0.1) is 0 Å². The van der Waals surface area contributed by atoms with Crippen molar-refractivity contribution in [3.63, 3.8) is 0 Å². The number of rotatable bonds is 9. The summed E-state index contributed by atoms with van der Waals surface area (Å²) in [5.41, 5.74) is -0.489. The lowest BCUT2D eigenvalue weighted by molar-refractivity contribution is -0.121. The van der Waals surface area contributed by atoms with Gasteiger partial charge >= 0.3 is 6.09 Å². The predicted molar refractivity (Wildman–Crippen MR) is 123 cm³/mol. The molecule has 0 saturated heterocycles. The van der Waals surface area contributed by atoms with Crippen molar-refractivity contribution in [2.75, 3.05) is 18.6 Å². The fraction of sp³-hybridized carbons (Fsp3) is 0.476. The molecule has 0 aliphatic rings. The van der Waals surface area contributed by atoms with Crippen LogP contribution in [0.25, 0.3) is 10.8 Å². The molecular weight excluding hydrogens is 445 g/mol. The SMILES string of the molecule is CCCCOc1c(N(C)C(=O)O)n(CCC(=O)NC(C)C)c(=O)c2cc(Cl)c(Cl)cc12. The summed E-state index contributed by atoms with van der Waals surface area (Å²) in [6.07, 6.45) is 0.304. The summed E-state index contributed by atoms with van der Waals surface area (Å²) in [7, 11) is 1.32. The first-order chi connectivity index (χ1) is 14.6. The third-order valence-corrected chi connectivity index (χ3v) is 5.32. The van der Waals surface area contributed by atoms with E-state index in [1.165, 1.54) is 23.7 Å². The van der Waals surface area contributed by atoms with Crippen molar-refractivity contribution in [2.45, 2.75) is 52.6 Å². The molecule has 1 heterocycles. The Morgan fingerprint density at radius 1 is 1.23 bits per heavy atom. The van der Waals surface area contributed by atoms with Crippen LogP contribution in [0.1, 0.15) is 40.0 Å². The standard InChI is InChI=1S/C21H27Cl2N3O5/c1-5-6-9-31-18-13-10-15(22)16(23)11-14(13)20(28)26(19(18)25(4)21(29)30)8-7-17(27)24-12(2)3/h10-12H,5-9H2,1-4H3,(H,24,27)(H,29,30). The lowest BCUT2D eigenvalue weighted by Crippen LogP contribution is -2.35. The smallest absolute Gasteiger partial charge is 0.412 e. The molecule has 2 N–H and O–H groups in total. The van der Waals surface area contributed by atoms with E-state index in [2.05, 4.69) is 5.32 Å². The summed E-state index contributed by atoms with van der Waals surface area (Å²) in [4.78, 5) is 38.2. The van der Waals surface area contributed by atoms with Crippen molar-refractivity contribution >= 4 is 51.8 Å². The van der Waals surface area contributed by atoms with Gasteiger partial charge in [-0.2, -0.15) is 0 Å². The fourth-order valence-electron chi connectivity index (χ4n) is 3.10. The maximum atomic E-state index is 13.3. The first kappa shape index (κ1) is 24.8. The van der Waals surface area contributed by atoms with E-state index in [-0.39, 0.29) is 51.9 Å². The number of nitrogens with zero attached hydrogens (tertiary/aromatic N) is 2. The van der Waals surface area contributed by atoms with Crippen LogP contribution in [0, 0.1) is 0 Å². The molecule has 2 rings (SSSR count). The average molecular weight is 472 g/mol. The number of carbonyl (C=O) groups excluding carboxylic acids is 1. The molecule has 0 aliphatic carbocycles. The summed E-state index contributed by atoms with van der Waals surface area (Å²) >= 11 is 12.3. The monoisotopic (exact) mass is 471 g/mol. The molecular formula is C21H27Cl2N3O5. The summed E-state index contributed by atoms with van der Waals surface area (Å²) in [5.74, 6) is -0.0128. The maximum Gasteiger partial charge on any atom is 0.412 e. The normalized spacial score (nSPS) is 11.1. The molecule has 170 valence electrons. The van der Waals surface area contributed by atoms with Crippen molar-refractivity contribution in [1.82, 2.24) is 9.88 Å². The molecule has 0 spiro atoms. The van der Waals surface area contributed by atoms with Gasteiger partial charge in [0.1, 0.15) is 0 Å². The number of carboxylic acid groups (broad SMARTS) is 1. The molecule has 31 heavy (non-hydrogen) atoms. The van der Waals surface area contributed by atoms with Gasteiger partial charge in [0, 0.05) is 31.4 Å². The number of aromatic nitrogens is 1. The molecule has 0 fully saturated rings. The Kier molecular flexibility index (Phi) is 8.59. The third-order valence-electron chi connectivity index (χ3n) is 4.60. The molecule has 1 aromatic heterocycles. The quantitative estimate of drug-likeness (QED) is 0.523. The Labute approximate surface area is 190 Å². The lowest BCUT2D eigenvalue weighted by atomic mass is 10.1. The van der Waals surface area contributed by atoms with E-state index < -0.39 is 11.7 Å². The number of halogens is 2. The minimum absolute atomic E-state index is 0.0141. The van der Waals surface area contributed by atoms with E-state index in [0.717, 1.165) is 17.7 Å². The van der Waals surface area contributed by atoms with Crippen molar-refractivity contribution in [3.8, 4) is 5.75 Å².